The normalized spacial score (nSPS) is 20.8. The number of amides is 2. The van der Waals surface area contributed by atoms with Gasteiger partial charge in [0.2, 0.25) is 0 Å². The summed E-state index contributed by atoms with van der Waals surface area (Å²) in [6.45, 7) is 9.48. The number of urea groups is 1. The Kier molecular flexibility index (Phi) is 5.90. The summed E-state index contributed by atoms with van der Waals surface area (Å²) < 4.78 is 2.17. The second-order valence-electron chi connectivity index (χ2n) is 7.21. The van der Waals surface area contributed by atoms with Crippen molar-refractivity contribution >= 4 is 6.03 Å². The van der Waals surface area contributed by atoms with Crippen molar-refractivity contribution in [1.82, 2.24) is 34.8 Å². The number of nitrogens with zero attached hydrogens (tertiary/aromatic N) is 6. The van der Waals surface area contributed by atoms with E-state index in [1.54, 1.807) is 0 Å². The number of hydrogen-bond acceptors (Lipinski definition) is 5. The van der Waals surface area contributed by atoms with E-state index >= 15 is 0 Å². The lowest BCUT2D eigenvalue weighted by atomic mass is 9.96. The molecule has 0 unspecified atom stereocenters. The van der Waals surface area contributed by atoms with Crippen molar-refractivity contribution in [3.8, 4) is 0 Å². The van der Waals surface area contributed by atoms with Crippen molar-refractivity contribution in [2.24, 2.45) is 7.05 Å². The van der Waals surface area contributed by atoms with Crippen molar-refractivity contribution < 1.29 is 4.79 Å². The molecule has 3 rings (SSSR count). The monoisotopic (exact) mass is 349 g/mol. The molecule has 0 aliphatic carbocycles. The second-order valence-corrected chi connectivity index (χ2v) is 7.21. The van der Waals surface area contributed by atoms with Gasteiger partial charge < -0.3 is 19.7 Å². The average Bonchev–Trinajstić information content (AvgIpc) is 2.98. The first-order chi connectivity index (χ1) is 12.1. The van der Waals surface area contributed by atoms with Gasteiger partial charge in [0.25, 0.3) is 0 Å². The van der Waals surface area contributed by atoms with E-state index in [4.69, 9.17) is 0 Å². The van der Waals surface area contributed by atoms with Crippen LogP contribution < -0.4 is 5.32 Å². The number of rotatable bonds is 4. The topological polar surface area (TPSA) is 69.5 Å². The van der Waals surface area contributed by atoms with E-state index in [2.05, 4.69) is 44.0 Å². The quantitative estimate of drug-likeness (QED) is 0.856. The lowest BCUT2D eigenvalue weighted by Gasteiger charge is -2.32. The second kappa shape index (κ2) is 8.14. The molecule has 2 saturated heterocycles. The highest BCUT2D eigenvalue weighted by atomic mass is 16.2. The van der Waals surface area contributed by atoms with E-state index < -0.39 is 0 Å². The van der Waals surface area contributed by atoms with Crippen LogP contribution in [0.5, 0.6) is 0 Å². The summed E-state index contributed by atoms with van der Waals surface area (Å²) in [6, 6.07) is 0.0506. The Morgan fingerprint density at radius 3 is 2.40 bits per heavy atom. The van der Waals surface area contributed by atoms with Crippen LogP contribution in [0.1, 0.15) is 37.3 Å². The van der Waals surface area contributed by atoms with Gasteiger partial charge >= 0.3 is 6.03 Å². The minimum atomic E-state index is 0.0506. The highest BCUT2D eigenvalue weighted by Crippen LogP contribution is 2.27. The fourth-order valence-corrected chi connectivity index (χ4v) is 3.68. The molecule has 2 aliphatic rings. The van der Waals surface area contributed by atoms with Crippen LogP contribution in [-0.4, -0.2) is 88.4 Å². The summed E-state index contributed by atoms with van der Waals surface area (Å²) in [5, 5.41) is 11.8. The Bertz CT molecular complexity index is 572. The molecule has 1 aromatic rings. The standard InChI is InChI=1S/C17H31N7O/c1-4-18-17(25)24-7-5-14(6-8-24)16-20-19-15(22(16)3)13-23-11-9-21(2)10-12-23/h14H,4-13H2,1-3H3,(H,18,25). The summed E-state index contributed by atoms with van der Waals surface area (Å²) in [7, 11) is 4.25. The van der Waals surface area contributed by atoms with Crippen LogP contribution in [-0.2, 0) is 13.6 Å². The summed E-state index contributed by atoms with van der Waals surface area (Å²) >= 11 is 0. The van der Waals surface area contributed by atoms with Gasteiger partial charge in [-0.2, -0.15) is 0 Å². The Labute approximate surface area is 150 Å². The Morgan fingerprint density at radius 2 is 1.76 bits per heavy atom. The van der Waals surface area contributed by atoms with E-state index in [9.17, 15) is 4.79 Å². The summed E-state index contributed by atoms with van der Waals surface area (Å²) in [6.07, 6.45) is 1.91. The molecule has 2 fully saturated rings. The van der Waals surface area contributed by atoms with Gasteiger partial charge in [-0.05, 0) is 26.8 Å². The molecule has 1 aromatic heterocycles. The van der Waals surface area contributed by atoms with E-state index in [1.807, 2.05) is 11.8 Å². The number of aromatic nitrogens is 3. The van der Waals surface area contributed by atoms with E-state index in [1.165, 1.54) is 0 Å². The highest BCUT2D eigenvalue weighted by molar-refractivity contribution is 5.74. The summed E-state index contributed by atoms with van der Waals surface area (Å²) in [5.74, 6) is 2.51. The molecule has 2 amide bonds. The molecule has 8 heteroatoms. The first-order valence-corrected chi connectivity index (χ1v) is 9.40. The average molecular weight is 349 g/mol. The van der Waals surface area contributed by atoms with Crippen LogP contribution in [0, 0.1) is 0 Å². The third-order valence-corrected chi connectivity index (χ3v) is 5.43. The number of carbonyl (C=O) groups excluding carboxylic acids is 1. The molecule has 8 nitrogen and oxygen atoms in total. The first kappa shape index (κ1) is 18.1. The van der Waals surface area contributed by atoms with Crippen LogP contribution in [0.15, 0.2) is 0 Å². The number of likely N-dealkylation sites (tertiary alicyclic amines) is 1. The van der Waals surface area contributed by atoms with Gasteiger partial charge in [-0.1, -0.05) is 0 Å². The van der Waals surface area contributed by atoms with Crippen molar-refractivity contribution in [1.29, 1.82) is 0 Å². The summed E-state index contributed by atoms with van der Waals surface area (Å²) in [5.41, 5.74) is 0. The molecule has 0 aromatic carbocycles. The fourth-order valence-electron chi connectivity index (χ4n) is 3.68. The maximum absolute atomic E-state index is 11.9. The first-order valence-electron chi connectivity index (χ1n) is 9.40. The number of nitrogens with one attached hydrogen (secondary N) is 1. The minimum absolute atomic E-state index is 0.0506. The van der Waals surface area contributed by atoms with Gasteiger partial charge in [0.05, 0.1) is 6.54 Å². The van der Waals surface area contributed by atoms with Gasteiger partial charge in [0, 0.05) is 58.8 Å². The maximum Gasteiger partial charge on any atom is 0.317 e. The van der Waals surface area contributed by atoms with Crippen molar-refractivity contribution in [2.45, 2.75) is 32.2 Å². The molecule has 25 heavy (non-hydrogen) atoms. The molecular formula is C17H31N7O. The van der Waals surface area contributed by atoms with Gasteiger partial charge in [0.15, 0.2) is 0 Å². The molecule has 140 valence electrons. The van der Waals surface area contributed by atoms with Crippen molar-refractivity contribution in [3.05, 3.63) is 11.6 Å². The number of piperidine rings is 1. The molecule has 3 heterocycles. The molecule has 0 spiro atoms. The predicted molar refractivity (Wildman–Crippen MR) is 96.4 cm³/mol. The Morgan fingerprint density at radius 1 is 1.08 bits per heavy atom. The number of carbonyl (C=O) groups is 1. The Hall–Kier alpha value is -1.67. The van der Waals surface area contributed by atoms with Crippen LogP contribution in [0.3, 0.4) is 0 Å². The Balaban J connectivity index is 1.56. The SMILES string of the molecule is CCNC(=O)N1CCC(c2nnc(CN3CCN(C)CC3)n2C)CC1. The molecule has 2 aliphatic heterocycles. The largest absolute Gasteiger partial charge is 0.338 e. The number of likely N-dealkylation sites (N-methyl/N-ethyl adjacent to an activating group) is 1. The zero-order valence-electron chi connectivity index (χ0n) is 15.7. The van der Waals surface area contributed by atoms with Gasteiger partial charge in [0.1, 0.15) is 11.6 Å². The molecule has 1 N–H and O–H groups in total. The van der Waals surface area contributed by atoms with Gasteiger partial charge in [-0.3, -0.25) is 4.90 Å². The van der Waals surface area contributed by atoms with E-state index in [0.717, 1.165) is 70.3 Å². The smallest absolute Gasteiger partial charge is 0.317 e. The summed E-state index contributed by atoms with van der Waals surface area (Å²) in [4.78, 5) is 18.6. The highest BCUT2D eigenvalue weighted by Gasteiger charge is 2.27. The third kappa shape index (κ3) is 4.30. The third-order valence-electron chi connectivity index (χ3n) is 5.43. The molecule has 0 atom stereocenters. The van der Waals surface area contributed by atoms with E-state index in [-0.39, 0.29) is 6.03 Å². The maximum atomic E-state index is 11.9. The lowest BCUT2D eigenvalue weighted by molar-refractivity contribution is 0.144. The molecular weight excluding hydrogens is 318 g/mol. The zero-order valence-corrected chi connectivity index (χ0v) is 15.7. The van der Waals surface area contributed by atoms with E-state index in [0.29, 0.717) is 12.5 Å². The fraction of sp³-hybridized carbons (Fsp3) is 0.824. The molecule has 0 radical (unpaired) electrons. The van der Waals surface area contributed by atoms with Crippen molar-refractivity contribution in [2.75, 3.05) is 52.9 Å². The zero-order chi connectivity index (χ0) is 17.8. The van der Waals surface area contributed by atoms with Crippen LogP contribution >= 0.6 is 0 Å². The lowest BCUT2D eigenvalue weighted by Crippen LogP contribution is -2.44. The van der Waals surface area contributed by atoms with Crippen LogP contribution in [0.2, 0.25) is 0 Å². The minimum Gasteiger partial charge on any atom is -0.338 e. The number of hydrogen-bond donors (Lipinski definition) is 1. The predicted octanol–water partition coefficient (Wildman–Crippen LogP) is 0.471. The van der Waals surface area contributed by atoms with Gasteiger partial charge in [-0.25, -0.2) is 4.79 Å². The van der Waals surface area contributed by atoms with Gasteiger partial charge in [-0.15, -0.1) is 10.2 Å². The van der Waals surface area contributed by atoms with Crippen LogP contribution in [0.25, 0.3) is 0 Å². The van der Waals surface area contributed by atoms with Crippen molar-refractivity contribution in [3.63, 3.8) is 0 Å². The molecule has 0 bridgehead atoms. The molecule has 0 saturated carbocycles. The van der Waals surface area contributed by atoms with Crippen LogP contribution in [0.4, 0.5) is 4.79 Å². The number of piperazine rings is 1.